The van der Waals surface area contributed by atoms with Crippen LogP contribution in [0.2, 0.25) is 0 Å². The number of nitrogens with zero attached hydrogens (tertiary/aromatic N) is 4. The van der Waals surface area contributed by atoms with Crippen LogP contribution in [-0.4, -0.2) is 51.7 Å². The molecule has 2 aromatic heterocycles. The van der Waals surface area contributed by atoms with Gasteiger partial charge in [-0.25, -0.2) is 0 Å². The summed E-state index contributed by atoms with van der Waals surface area (Å²) in [5.74, 6) is 0.0178. The maximum absolute atomic E-state index is 12.7. The molecule has 1 aliphatic heterocycles. The Morgan fingerprint density at radius 3 is 2.52 bits per heavy atom. The maximum Gasteiger partial charge on any atom is 0.387 e. The summed E-state index contributed by atoms with van der Waals surface area (Å²) in [5, 5.41) is 8.45. The SMILES string of the molecule is O=C(/C=C/c1ccc(OC(F)F)cc1OC(F)F)N1CCC(c2nnc3ccccn23)CC1. The van der Waals surface area contributed by atoms with Gasteiger partial charge in [0.15, 0.2) is 5.65 Å². The van der Waals surface area contributed by atoms with Crippen LogP contribution in [0.4, 0.5) is 17.6 Å². The van der Waals surface area contributed by atoms with Crippen molar-refractivity contribution >= 4 is 17.6 Å². The summed E-state index contributed by atoms with van der Waals surface area (Å²) in [4.78, 5) is 14.3. The van der Waals surface area contributed by atoms with Crippen molar-refractivity contribution in [3.05, 3.63) is 60.1 Å². The van der Waals surface area contributed by atoms with Crippen molar-refractivity contribution in [1.82, 2.24) is 19.5 Å². The summed E-state index contributed by atoms with van der Waals surface area (Å²) in [5.41, 5.74) is 0.899. The molecule has 7 nitrogen and oxygen atoms in total. The van der Waals surface area contributed by atoms with Crippen molar-refractivity contribution < 1.29 is 31.8 Å². The Balaban J connectivity index is 1.41. The number of alkyl halides is 4. The first-order valence-electron chi connectivity index (χ1n) is 10.2. The van der Waals surface area contributed by atoms with Crippen LogP contribution in [0.5, 0.6) is 11.5 Å². The van der Waals surface area contributed by atoms with Crippen molar-refractivity contribution in [1.29, 1.82) is 0 Å². The number of pyridine rings is 1. The van der Waals surface area contributed by atoms with E-state index < -0.39 is 13.2 Å². The van der Waals surface area contributed by atoms with Gasteiger partial charge in [-0.15, -0.1) is 10.2 Å². The predicted octanol–water partition coefficient (Wildman–Crippen LogP) is 4.35. The fourth-order valence-corrected chi connectivity index (χ4v) is 3.79. The number of aromatic nitrogens is 3. The van der Waals surface area contributed by atoms with E-state index in [1.807, 2.05) is 28.8 Å². The summed E-state index contributed by atoms with van der Waals surface area (Å²) >= 11 is 0. The van der Waals surface area contributed by atoms with Gasteiger partial charge in [0.2, 0.25) is 5.91 Å². The number of rotatable bonds is 7. The Hall–Kier alpha value is -3.63. The minimum Gasteiger partial charge on any atom is -0.435 e. The number of piperidine rings is 1. The Morgan fingerprint density at radius 1 is 1.03 bits per heavy atom. The van der Waals surface area contributed by atoms with Crippen LogP contribution in [-0.2, 0) is 4.79 Å². The summed E-state index contributed by atoms with van der Waals surface area (Å²) in [6, 6.07) is 9.04. The molecule has 1 saturated heterocycles. The zero-order valence-electron chi connectivity index (χ0n) is 17.3. The van der Waals surface area contributed by atoms with Crippen LogP contribution in [0.1, 0.15) is 30.1 Å². The topological polar surface area (TPSA) is 69.0 Å². The number of carbonyl (C=O) groups is 1. The third-order valence-electron chi connectivity index (χ3n) is 5.34. The largest absolute Gasteiger partial charge is 0.435 e. The fourth-order valence-electron chi connectivity index (χ4n) is 3.79. The number of fused-ring (bicyclic) bond motifs is 1. The van der Waals surface area contributed by atoms with Crippen molar-refractivity contribution in [3.8, 4) is 11.5 Å². The van der Waals surface area contributed by atoms with E-state index in [-0.39, 0.29) is 28.9 Å². The molecule has 0 atom stereocenters. The number of hydrogen-bond donors (Lipinski definition) is 0. The van der Waals surface area contributed by atoms with Gasteiger partial charge < -0.3 is 14.4 Å². The van der Waals surface area contributed by atoms with E-state index >= 15 is 0 Å². The van der Waals surface area contributed by atoms with Crippen LogP contribution in [0, 0.1) is 0 Å². The third-order valence-corrected chi connectivity index (χ3v) is 5.34. The van der Waals surface area contributed by atoms with Crippen LogP contribution in [0.3, 0.4) is 0 Å². The van der Waals surface area contributed by atoms with Gasteiger partial charge in [0.25, 0.3) is 0 Å². The molecule has 0 radical (unpaired) electrons. The van der Waals surface area contributed by atoms with Crippen molar-refractivity contribution in [3.63, 3.8) is 0 Å². The zero-order valence-corrected chi connectivity index (χ0v) is 17.3. The van der Waals surface area contributed by atoms with Gasteiger partial charge in [-0.05, 0) is 43.2 Å². The molecule has 0 bridgehead atoms. The van der Waals surface area contributed by atoms with Gasteiger partial charge >= 0.3 is 13.2 Å². The highest BCUT2D eigenvalue weighted by Gasteiger charge is 2.26. The molecule has 1 aliphatic rings. The van der Waals surface area contributed by atoms with Crippen LogP contribution in [0.25, 0.3) is 11.7 Å². The van der Waals surface area contributed by atoms with E-state index in [1.165, 1.54) is 24.3 Å². The molecule has 0 saturated carbocycles. The number of carbonyl (C=O) groups excluding carboxylic acids is 1. The number of likely N-dealkylation sites (tertiary alicyclic amines) is 1. The lowest BCUT2D eigenvalue weighted by atomic mass is 9.96. The summed E-state index contributed by atoms with van der Waals surface area (Å²) in [7, 11) is 0. The van der Waals surface area contributed by atoms with Crippen molar-refractivity contribution in [2.24, 2.45) is 0 Å². The lowest BCUT2D eigenvalue weighted by molar-refractivity contribution is -0.127. The number of ether oxygens (including phenoxy) is 2. The summed E-state index contributed by atoms with van der Waals surface area (Å²) in [6.07, 6.45) is 5.86. The molecule has 1 amide bonds. The molecule has 33 heavy (non-hydrogen) atoms. The van der Waals surface area contributed by atoms with Gasteiger partial charge in [0.1, 0.15) is 17.3 Å². The first-order valence-corrected chi connectivity index (χ1v) is 10.2. The molecule has 4 rings (SSSR count). The van der Waals surface area contributed by atoms with Crippen molar-refractivity contribution in [2.45, 2.75) is 32.0 Å². The lowest BCUT2D eigenvalue weighted by Crippen LogP contribution is -2.37. The fraction of sp³-hybridized carbons (Fsp3) is 0.318. The molecular weight excluding hydrogens is 444 g/mol. The normalized spacial score (nSPS) is 15.2. The summed E-state index contributed by atoms with van der Waals surface area (Å²) in [6.45, 7) is -5.28. The molecule has 0 aliphatic carbocycles. The predicted molar refractivity (Wildman–Crippen MR) is 110 cm³/mol. The van der Waals surface area contributed by atoms with E-state index in [9.17, 15) is 22.4 Å². The van der Waals surface area contributed by atoms with E-state index in [2.05, 4.69) is 19.7 Å². The quantitative estimate of drug-likeness (QED) is 0.384. The number of amides is 1. The number of halogens is 4. The Kier molecular flexibility index (Phi) is 6.76. The molecule has 1 fully saturated rings. The van der Waals surface area contributed by atoms with Gasteiger partial charge in [-0.3, -0.25) is 9.20 Å². The molecule has 0 spiro atoms. The smallest absolute Gasteiger partial charge is 0.387 e. The van der Waals surface area contributed by atoms with E-state index in [0.717, 1.165) is 17.5 Å². The van der Waals surface area contributed by atoms with Gasteiger partial charge in [0.05, 0.1) is 0 Å². The van der Waals surface area contributed by atoms with E-state index in [0.29, 0.717) is 25.9 Å². The van der Waals surface area contributed by atoms with Gasteiger partial charge in [-0.1, -0.05) is 6.07 Å². The molecule has 3 heterocycles. The Labute approximate surface area is 186 Å². The highest BCUT2D eigenvalue weighted by atomic mass is 19.3. The minimum atomic E-state index is -3.16. The molecule has 0 unspecified atom stereocenters. The van der Waals surface area contributed by atoms with E-state index in [4.69, 9.17) is 0 Å². The minimum absolute atomic E-state index is 0.134. The van der Waals surface area contributed by atoms with Crippen molar-refractivity contribution in [2.75, 3.05) is 13.1 Å². The first kappa shape index (κ1) is 22.6. The second-order valence-corrected chi connectivity index (χ2v) is 7.38. The van der Waals surface area contributed by atoms with E-state index in [1.54, 1.807) is 4.90 Å². The third kappa shape index (κ3) is 5.41. The first-order chi connectivity index (χ1) is 15.9. The summed E-state index contributed by atoms with van der Waals surface area (Å²) < 4.78 is 60.7. The highest BCUT2D eigenvalue weighted by molar-refractivity contribution is 5.92. The molecule has 3 aromatic rings. The molecule has 0 N–H and O–H groups in total. The van der Waals surface area contributed by atoms with Gasteiger partial charge in [0, 0.05) is 42.9 Å². The lowest BCUT2D eigenvalue weighted by Gasteiger charge is -2.30. The Bertz CT molecular complexity index is 1140. The number of hydrogen-bond acceptors (Lipinski definition) is 5. The average molecular weight is 464 g/mol. The maximum atomic E-state index is 12.7. The zero-order chi connectivity index (χ0) is 23.4. The molecule has 1 aromatic carbocycles. The van der Waals surface area contributed by atoms with Crippen LogP contribution in [0.15, 0.2) is 48.7 Å². The number of benzene rings is 1. The second kappa shape index (κ2) is 9.88. The standard InChI is InChI=1S/C22H20F4N4O3/c23-21(24)32-16-6-4-14(17(13-16)33-22(25)26)5-7-19(31)29-11-8-15(9-12-29)20-28-27-18-3-1-2-10-30(18)20/h1-7,10,13,15,21-22H,8-9,11-12H2/b7-5+. The molecule has 11 heteroatoms. The van der Waals surface area contributed by atoms with Gasteiger partial charge in [-0.2, -0.15) is 17.6 Å². The molecule has 174 valence electrons. The Morgan fingerprint density at radius 2 is 1.79 bits per heavy atom. The van der Waals surface area contributed by atoms with Crippen LogP contribution < -0.4 is 9.47 Å². The second-order valence-electron chi connectivity index (χ2n) is 7.38. The van der Waals surface area contributed by atoms with Crippen LogP contribution >= 0.6 is 0 Å². The molecular formula is C22H20F4N4O3. The highest BCUT2D eigenvalue weighted by Crippen LogP contribution is 2.30. The monoisotopic (exact) mass is 464 g/mol. The average Bonchev–Trinajstić information content (AvgIpc) is 3.22.